The highest BCUT2D eigenvalue weighted by Crippen LogP contribution is 2.32. The van der Waals surface area contributed by atoms with Crippen LogP contribution in [0.2, 0.25) is 0 Å². The minimum atomic E-state index is -0.622. The lowest BCUT2D eigenvalue weighted by Gasteiger charge is -2.29. The van der Waals surface area contributed by atoms with Crippen LogP contribution < -0.4 is 15.4 Å². The van der Waals surface area contributed by atoms with Crippen molar-refractivity contribution >= 4 is 17.7 Å². The minimum absolute atomic E-state index is 0.244. The molecule has 0 saturated heterocycles. The van der Waals surface area contributed by atoms with Crippen LogP contribution in [0.1, 0.15) is 31.0 Å². The number of ether oxygens (including phenoxy) is 2. The summed E-state index contributed by atoms with van der Waals surface area (Å²) < 4.78 is 10.7. The first-order chi connectivity index (χ1) is 13.1. The highest BCUT2D eigenvalue weighted by molar-refractivity contribution is 6.04. The van der Waals surface area contributed by atoms with E-state index in [4.69, 9.17) is 9.47 Å². The zero-order chi connectivity index (χ0) is 19.2. The van der Waals surface area contributed by atoms with Gasteiger partial charge in [-0.05, 0) is 37.1 Å². The highest BCUT2D eigenvalue weighted by atomic mass is 16.5. The number of benzene rings is 2. The summed E-state index contributed by atoms with van der Waals surface area (Å²) in [6, 6.07) is 15.6. The van der Waals surface area contributed by atoms with E-state index in [0.717, 1.165) is 16.9 Å². The van der Waals surface area contributed by atoms with Crippen LogP contribution >= 0.6 is 0 Å². The van der Waals surface area contributed by atoms with Crippen molar-refractivity contribution in [1.29, 1.82) is 0 Å². The maximum Gasteiger partial charge on any atom is 0.338 e. The van der Waals surface area contributed by atoms with Crippen molar-refractivity contribution in [3.8, 4) is 5.75 Å². The largest absolute Gasteiger partial charge is 0.494 e. The van der Waals surface area contributed by atoms with E-state index in [0.29, 0.717) is 17.9 Å². The van der Waals surface area contributed by atoms with E-state index in [2.05, 4.69) is 10.6 Å². The SMILES string of the molecule is CCOC(=O)C1=C(c2ccccc2)NC(=O)NC1c1ccc(OCC)cc1. The van der Waals surface area contributed by atoms with Crippen LogP contribution in [0, 0.1) is 0 Å². The Morgan fingerprint density at radius 1 is 1.00 bits per heavy atom. The number of rotatable bonds is 6. The molecule has 0 saturated carbocycles. The first kappa shape index (κ1) is 18.5. The Bertz CT molecular complexity index is 844. The fraction of sp³-hybridized carbons (Fsp3) is 0.238. The van der Waals surface area contributed by atoms with Gasteiger partial charge in [0.1, 0.15) is 5.75 Å². The molecule has 1 aliphatic rings. The minimum Gasteiger partial charge on any atom is -0.494 e. The van der Waals surface area contributed by atoms with Gasteiger partial charge in [0, 0.05) is 0 Å². The molecule has 1 unspecified atom stereocenters. The summed E-state index contributed by atoms with van der Waals surface area (Å²) in [5.74, 6) is 0.259. The Morgan fingerprint density at radius 3 is 2.33 bits per heavy atom. The normalized spacial score (nSPS) is 16.4. The number of hydrogen-bond acceptors (Lipinski definition) is 4. The molecule has 1 aliphatic heterocycles. The highest BCUT2D eigenvalue weighted by Gasteiger charge is 2.34. The van der Waals surface area contributed by atoms with E-state index in [1.165, 1.54) is 0 Å². The van der Waals surface area contributed by atoms with Crippen LogP contribution in [-0.2, 0) is 9.53 Å². The second kappa shape index (κ2) is 8.40. The molecule has 1 atom stereocenters. The Labute approximate surface area is 158 Å². The fourth-order valence-electron chi connectivity index (χ4n) is 3.00. The van der Waals surface area contributed by atoms with E-state index in [1.54, 1.807) is 6.92 Å². The number of urea groups is 1. The molecule has 6 nitrogen and oxygen atoms in total. The van der Waals surface area contributed by atoms with E-state index in [9.17, 15) is 9.59 Å². The van der Waals surface area contributed by atoms with Crippen molar-refractivity contribution in [1.82, 2.24) is 10.6 Å². The van der Waals surface area contributed by atoms with E-state index in [1.807, 2.05) is 61.5 Å². The first-order valence-electron chi connectivity index (χ1n) is 8.91. The molecule has 2 aromatic carbocycles. The summed E-state index contributed by atoms with van der Waals surface area (Å²) in [7, 11) is 0. The smallest absolute Gasteiger partial charge is 0.338 e. The van der Waals surface area contributed by atoms with Crippen LogP contribution in [0.25, 0.3) is 5.70 Å². The quantitative estimate of drug-likeness (QED) is 0.768. The monoisotopic (exact) mass is 366 g/mol. The molecular formula is C21H22N2O4. The fourth-order valence-corrected chi connectivity index (χ4v) is 3.00. The van der Waals surface area contributed by atoms with Crippen molar-refractivity contribution in [2.45, 2.75) is 19.9 Å². The maximum atomic E-state index is 12.7. The molecule has 3 rings (SSSR count). The Hall–Kier alpha value is -3.28. The van der Waals surface area contributed by atoms with E-state index in [-0.39, 0.29) is 12.6 Å². The standard InChI is InChI=1S/C21H22N2O4/c1-3-26-16-12-10-15(11-13-16)19-17(20(24)27-4-2)18(22-21(25)23-19)14-8-6-5-7-9-14/h5-13,19H,3-4H2,1-2H3,(H2,22,23,25). The molecule has 0 aliphatic carbocycles. The van der Waals surface area contributed by atoms with Gasteiger partial charge in [-0.3, -0.25) is 0 Å². The molecule has 2 N–H and O–H groups in total. The van der Waals surface area contributed by atoms with Crippen LogP contribution in [-0.4, -0.2) is 25.2 Å². The molecule has 2 amide bonds. The number of nitrogens with one attached hydrogen (secondary N) is 2. The molecule has 0 bridgehead atoms. The molecule has 1 heterocycles. The number of hydrogen-bond donors (Lipinski definition) is 2. The van der Waals surface area contributed by atoms with Crippen molar-refractivity contribution < 1.29 is 19.1 Å². The summed E-state index contributed by atoms with van der Waals surface area (Å²) in [4.78, 5) is 25.0. The molecule has 140 valence electrons. The molecule has 0 fully saturated rings. The first-order valence-corrected chi connectivity index (χ1v) is 8.91. The second-order valence-electron chi connectivity index (χ2n) is 5.91. The van der Waals surface area contributed by atoms with Gasteiger partial charge in [-0.1, -0.05) is 42.5 Å². The van der Waals surface area contributed by atoms with Crippen LogP contribution in [0.3, 0.4) is 0 Å². The van der Waals surface area contributed by atoms with Crippen molar-refractivity contribution in [3.63, 3.8) is 0 Å². The van der Waals surface area contributed by atoms with Crippen molar-refractivity contribution in [2.24, 2.45) is 0 Å². The molecule has 0 spiro atoms. The van der Waals surface area contributed by atoms with Gasteiger partial charge < -0.3 is 20.1 Å². The molecule has 2 aromatic rings. The topological polar surface area (TPSA) is 76.7 Å². The summed E-state index contributed by atoms with van der Waals surface area (Å²) in [5, 5.41) is 5.58. The average Bonchev–Trinajstić information content (AvgIpc) is 2.69. The average molecular weight is 366 g/mol. The number of esters is 1. The zero-order valence-electron chi connectivity index (χ0n) is 15.3. The predicted molar refractivity (Wildman–Crippen MR) is 102 cm³/mol. The third kappa shape index (κ3) is 4.11. The Morgan fingerprint density at radius 2 is 1.70 bits per heavy atom. The number of carbonyl (C=O) groups is 2. The predicted octanol–water partition coefficient (Wildman–Crippen LogP) is 3.41. The van der Waals surface area contributed by atoms with Gasteiger partial charge in [0.25, 0.3) is 0 Å². The van der Waals surface area contributed by atoms with Crippen LogP contribution in [0.5, 0.6) is 5.75 Å². The molecule has 27 heavy (non-hydrogen) atoms. The zero-order valence-corrected chi connectivity index (χ0v) is 15.3. The third-order valence-electron chi connectivity index (χ3n) is 4.15. The summed E-state index contributed by atoms with van der Waals surface area (Å²) in [5.41, 5.74) is 2.33. The molecule has 0 radical (unpaired) electrons. The van der Waals surface area contributed by atoms with Crippen LogP contribution in [0.15, 0.2) is 60.2 Å². The van der Waals surface area contributed by atoms with Gasteiger partial charge in [-0.2, -0.15) is 0 Å². The summed E-state index contributed by atoms with van der Waals surface area (Å²) in [6.07, 6.45) is 0. The summed E-state index contributed by atoms with van der Waals surface area (Å²) >= 11 is 0. The molecule has 0 aromatic heterocycles. The second-order valence-corrected chi connectivity index (χ2v) is 5.91. The van der Waals surface area contributed by atoms with Crippen molar-refractivity contribution in [3.05, 3.63) is 71.3 Å². The van der Waals surface area contributed by atoms with Gasteiger partial charge >= 0.3 is 12.0 Å². The van der Waals surface area contributed by atoms with Gasteiger partial charge in [-0.25, -0.2) is 9.59 Å². The maximum absolute atomic E-state index is 12.7. The number of carbonyl (C=O) groups excluding carboxylic acids is 2. The van der Waals surface area contributed by atoms with Gasteiger partial charge in [0.15, 0.2) is 0 Å². The van der Waals surface area contributed by atoms with Gasteiger partial charge in [0.2, 0.25) is 0 Å². The Balaban J connectivity index is 2.09. The lowest BCUT2D eigenvalue weighted by Crippen LogP contribution is -2.45. The van der Waals surface area contributed by atoms with Gasteiger partial charge in [0.05, 0.1) is 30.5 Å². The molecular weight excluding hydrogens is 344 g/mol. The van der Waals surface area contributed by atoms with E-state index >= 15 is 0 Å². The van der Waals surface area contributed by atoms with Gasteiger partial charge in [-0.15, -0.1) is 0 Å². The lowest BCUT2D eigenvalue weighted by molar-refractivity contribution is -0.138. The third-order valence-corrected chi connectivity index (χ3v) is 4.15. The number of amides is 2. The van der Waals surface area contributed by atoms with Crippen molar-refractivity contribution in [2.75, 3.05) is 13.2 Å². The lowest BCUT2D eigenvalue weighted by atomic mass is 9.92. The summed E-state index contributed by atoms with van der Waals surface area (Å²) in [6.45, 7) is 4.47. The van der Waals surface area contributed by atoms with Crippen LogP contribution in [0.4, 0.5) is 4.79 Å². The van der Waals surface area contributed by atoms with E-state index < -0.39 is 12.0 Å². The Kier molecular flexibility index (Phi) is 5.76. The molecule has 6 heteroatoms.